The van der Waals surface area contributed by atoms with Crippen LogP contribution in [0.1, 0.15) is 23.2 Å². The van der Waals surface area contributed by atoms with Gasteiger partial charge in [0, 0.05) is 35.8 Å². The van der Waals surface area contributed by atoms with Gasteiger partial charge in [-0.05, 0) is 43.2 Å². The molecule has 2 aromatic rings. The third-order valence-corrected chi connectivity index (χ3v) is 8.03. The third kappa shape index (κ3) is 3.40. The first-order valence-corrected chi connectivity index (χ1v) is 11.7. The maximum atomic E-state index is 13.2. The Bertz CT molecular complexity index is 1000. The van der Waals surface area contributed by atoms with Crippen molar-refractivity contribution in [3.8, 4) is 5.75 Å². The largest absolute Gasteiger partial charge is 0.495 e. The van der Waals surface area contributed by atoms with E-state index >= 15 is 0 Å². The Balaban J connectivity index is 1.73. The van der Waals surface area contributed by atoms with Crippen molar-refractivity contribution in [2.75, 3.05) is 37.4 Å². The summed E-state index contributed by atoms with van der Waals surface area (Å²) in [5, 5.41) is 0. The normalized spacial score (nSPS) is 17.4. The molecular formula is C20H22N2O4S2. The number of methoxy groups -OCH3 is 1. The summed E-state index contributed by atoms with van der Waals surface area (Å²) in [6.07, 6.45) is 1.70. The summed E-state index contributed by atoms with van der Waals surface area (Å²) in [6, 6.07) is 12.4. The van der Waals surface area contributed by atoms with Crippen LogP contribution in [-0.2, 0) is 10.0 Å². The molecule has 0 saturated carbocycles. The molecule has 1 saturated heterocycles. The molecule has 28 heavy (non-hydrogen) atoms. The summed E-state index contributed by atoms with van der Waals surface area (Å²) in [5.41, 5.74) is 1.21. The smallest absolute Gasteiger partial charge is 0.258 e. The predicted octanol–water partition coefficient (Wildman–Crippen LogP) is 3.23. The van der Waals surface area contributed by atoms with Crippen molar-refractivity contribution >= 4 is 33.4 Å². The Labute approximate surface area is 169 Å². The van der Waals surface area contributed by atoms with Crippen LogP contribution in [-0.4, -0.2) is 51.1 Å². The van der Waals surface area contributed by atoms with Crippen molar-refractivity contribution < 1.29 is 17.9 Å². The van der Waals surface area contributed by atoms with E-state index in [2.05, 4.69) is 0 Å². The zero-order valence-electron chi connectivity index (χ0n) is 15.6. The molecule has 0 aliphatic carbocycles. The number of carbonyl (C=O) groups is 1. The lowest BCUT2D eigenvalue weighted by molar-refractivity contribution is 0.0987. The summed E-state index contributed by atoms with van der Waals surface area (Å²) in [7, 11) is -2.25. The van der Waals surface area contributed by atoms with Crippen molar-refractivity contribution in [1.29, 1.82) is 0 Å². The van der Waals surface area contributed by atoms with Gasteiger partial charge in [-0.15, -0.1) is 11.8 Å². The number of nitrogens with zero attached hydrogens (tertiary/aromatic N) is 2. The summed E-state index contributed by atoms with van der Waals surface area (Å²) in [6.45, 7) is 1.58. The topological polar surface area (TPSA) is 66.9 Å². The number of hydrogen-bond acceptors (Lipinski definition) is 5. The zero-order valence-corrected chi connectivity index (χ0v) is 17.3. The number of hydrogen-bond donors (Lipinski definition) is 0. The Morgan fingerprint density at radius 3 is 2.57 bits per heavy atom. The van der Waals surface area contributed by atoms with Crippen molar-refractivity contribution in [2.45, 2.75) is 22.6 Å². The molecule has 2 aromatic carbocycles. The number of rotatable bonds is 4. The Morgan fingerprint density at radius 2 is 1.82 bits per heavy atom. The summed E-state index contributed by atoms with van der Waals surface area (Å²) < 4.78 is 32.9. The van der Waals surface area contributed by atoms with E-state index < -0.39 is 10.0 Å². The molecule has 0 atom stereocenters. The van der Waals surface area contributed by atoms with Gasteiger partial charge in [-0.1, -0.05) is 12.1 Å². The molecule has 2 heterocycles. The number of carbonyl (C=O) groups excluding carboxylic acids is 1. The minimum Gasteiger partial charge on any atom is -0.495 e. The molecule has 1 fully saturated rings. The first-order chi connectivity index (χ1) is 13.5. The van der Waals surface area contributed by atoms with Gasteiger partial charge in [0.1, 0.15) is 10.6 Å². The molecule has 0 N–H and O–H groups in total. The van der Waals surface area contributed by atoms with Crippen LogP contribution in [0.3, 0.4) is 0 Å². The first-order valence-electron chi connectivity index (χ1n) is 9.24. The van der Waals surface area contributed by atoms with E-state index in [1.807, 2.05) is 24.3 Å². The van der Waals surface area contributed by atoms with Crippen molar-refractivity contribution in [2.24, 2.45) is 0 Å². The van der Waals surface area contributed by atoms with Gasteiger partial charge in [0.15, 0.2) is 0 Å². The fourth-order valence-electron chi connectivity index (χ4n) is 3.62. The van der Waals surface area contributed by atoms with Crippen molar-refractivity contribution in [3.05, 3.63) is 48.0 Å². The molecule has 8 heteroatoms. The Hall–Kier alpha value is -2.03. The van der Waals surface area contributed by atoms with Gasteiger partial charge in [-0.25, -0.2) is 8.42 Å². The van der Waals surface area contributed by atoms with Gasteiger partial charge in [-0.3, -0.25) is 4.79 Å². The number of fused-ring (bicyclic) bond motifs is 1. The van der Waals surface area contributed by atoms with Gasteiger partial charge in [-0.2, -0.15) is 4.31 Å². The second kappa shape index (κ2) is 7.77. The lowest BCUT2D eigenvalue weighted by Crippen LogP contribution is -2.35. The highest BCUT2D eigenvalue weighted by atomic mass is 32.2. The van der Waals surface area contributed by atoms with Gasteiger partial charge in [0.2, 0.25) is 10.0 Å². The number of sulfonamides is 1. The maximum absolute atomic E-state index is 13.2. The first kappa shape index (κ1) is 19.3. The van der Waals surface area contributed by atoms with Crippen LogP contribution in [0.25, 0.3) is 0 Å². The van der Waals surface area contributed by atoms with E-state index in [1.165, 1.54) is 17.5 Å². The SMILES string of the molecule is COc1ccc(C(=O)N2CCSc3ccccc32)cc1S(=O)(=O)N1CCCC1. The van der Waals surface area contributed by atoms with Crippen molar-refractivity contribution in [3.63, 3.8) is 0 Å². The zero-order chi connectivity index (χ0) is 19.7. The second-order valence-electron chi connectivity index (χ2n) is 6.75. The number of amides is 1. The Morgan fingerprint density at radius 1 is 1.07 bits per heavy atom. The number of benzene rings is 2. The monoisotopic (exact) mass is 418 g/mol. The highest BCUT2D eigenvalue weighted by Gasteiger charge is 2.32. The minimum absolute atomic E-state index is 0.0578. The average molecular weight is 419 g/mol. The van der Waals surface area contributed by atoms with Gasteiger partial charge in [0.05, 0.1) is 12.8 Å². The maximum Gasteiger partial charge on any atom is 0.258 e. The molecule has 0 radical (unpaired) electrons. The quantitative estimate of drug-likeness (QED) is 0.763. The average Bonchev–Trinajstić information content (AvgIpc) is 3.28. The minimum atomic E-state index is -3.70. The standard InChI is InChI=1S/C20H22N2O4S2/c1-26-17-9-8-15(14-19(17)28(24,25)21-10-4-5-11-21)20(23)22-12-13-27-18-7-3-2-6-16(18)22/h2-3,6-9,14H,4-5,10-13H2,1H3. The summed E-state index contributed by atoms with van der Waals surface area (Å²) in [4.78, 5) is 16.1. The van der Waals surface area contributed by atoms with E-state index in [4.69, 9.17) is 4.74 Å². The molecule has 0 unspecified atom stereocenters. The van der Waals surface area contributed by atoms with Crippen LogP contribution >= 0.6 is 11.8 Å². The Kier molecular flexibility index (Phi) is 5.35. The molecule has 1 amide bonds. The summed E-state index contributed by atoms with van der Waals surface area (Å²) >= 11 is 1.72. The third-order valence-electron chi connectivity index (χ3n) is 5.07. The van der Waals surface area contributed by atoms with Crippen LogP contribution in [0, 0.1) is 0 Å². The van der Waals surface area contributed by atoms with Gasteiger partial charge < -0.3 is 9.64 Å². The molecule has 6 nitrogen and oxygen atoms in total. The number of ether oxygens (including phenoxy) is 1. The van der Waals surface area contributed by atoms with E-state index in [0.29, 0.717) is 25.2 Å². The molecule has 148 valence electrons. The van der Waals surface area contributed by atoms with E-state index in [-0.39, 0.29) is 16.6 Å². The lowest BCUT2D eigenvalue weighted by atomic mass is 10.1. The highest BCUT2D eigenvalue weighted by molar-refractivity contribution is 7.99. The van der Waals surface area contributed by atoms with E-state index in [0.717, 1.165) is 29.2 Å². The van der Waals surface area contributed by atoms with Crippen LogP contribution in [0.2, 0.25) is 0 Å². The van der Waals surface area contributed by atoms with Crippen LogP contribution in [0.4, 0.5) is 5.69 Å². The van der Waals surface area contributed by atoms with Gasteiger partial charge >= 0.3 is 0 Å². The van der Waals surface area contributed by atoms with Crippen LogP contribution in [0.5, 0.6) is 5.75 Å². The molecule has 0 spiro atoms. The molecular weight excluding hydrogens is 396 g/mol. The highest BCUT2D eigenvalue weighted by Crippen LogP contribution is 2.36. The fourth-order valence-corrected chi connectivity index (χ4v) is 6.31. The second-order valence-corrected chi connectivity index (χ2v) is 9.79. The van der Waals surface area contributed by atoms with E-state index in [1.54, 1.807) is 28.8 Å². The summed E-state index contributed by atoms with van der Waals surface area (Å²) in [5.74, 6) is 0.865. The van der Waals surface area contributed by atoms with Crippen molar-refractivity contribution in [1.82, 2.24) is 4.31 Å². The van der Waals surface area contributed by atoms with Gasteiger partial charge in [0.25, 0.3) is 5.91 Å². The molecule has 2 aliphatic rings. The van der Waals surface area contributed by atoms with E-state index in [9.17, 15) is 13.2 Å². The molecule has 4 rings (SSSR count). The fraction of sp³-hybridized carbons (Fsp3) is 0.350. The molecule has 2 aliphatic heterocycles. The lowest BCUT2D eigenvalue weighted by Gasteiger charge is -2.29. The number of para-hydroxylation sites is 1. The molecule has 0 bridgehead atoms. The number of thioether (sulfide) groups is 1. The number of anilines is 1. The van der Waals surface area contributed by atoms with Crippen LogP contribution in [0.15, 0.2) is 52.3 Å². The van der Waals surface area contributed by atoms with Crippen LogP contribution < -0.4 is 9.64 Å². The molecule has 0 aromatic heterocycles. The predicted molar refractivity (Wildman–Crippen MR) is 110 cm³/mol.